The second-order valence-electron chi connectivity index (χ2n) is 6.92. The van der Waals surface area contributed by atoms with E-state index in [1.165, 1.54) is 0 Å². The average Bonchev–Trinajstić information content (AvgIpc) is 3.04. The molecule has 5 atom stereocenters. The van der Waals surface area contributed by atoms with Crippen molar-refractivity contribution in [3.05, 3.63) is 48.6 Å². The van der Waals surface area contributed by atoms with Gasteiger partial charge in [-0.25, -0.2) is 0 Å². The largest absolute Gasteiger partial charge is 0.481 e. The number of aliphatic carboxylic acids is 1. The van der Waals surface area contributed by atoms with Gasteiger partial charge in [0.25, 0.3) is 0 Å². The molecule has 0 radical (unpaired) electrons. The van der Waals surface area contributed by atoms with Crippen LogP contribution in [0, 0.1) is 0 Å². The Morgan fingerprint density at radius 2 is 1.75 bits per heavy atom. The van der Waals surface area contributed by atoms with Crippen LogP contribution in [-0.2, 0) is 9.53 Å². The van der Waals surface area contributed by atoms with E-state index in [0.717, 1.165) is 19.3 Å². The first-order valence-corrected chi connectivity index (χ1v) is 9.98. The summed E-state index contributed by atoms with van der Waals surface area (Å²) in [7, 11) is 0. The number of hydrogen-bond acceptors (Lipinski definition) is 5. The van der Waals surface area contributed by atoms with Gasteiger partial charge in [0.2, 0.25) is 0 Å². The number of hydrogen-bond donors (Lipinski definition) is 4. The Kier molecular flexibility index (Phi) is 12.4. The Morgan fingerprint density at radius 3 is 2.39 bits per heavy atom. The third-order valence-electron chi connectivity index (χ3n) is 4.45. The maximum Gasteiger partial charge on any atom is 0.303 e. The SMILES string of the molecule is CC/C=C\C/C=C\C/C=C\C[C@@H](O)/C=C/[C@@H]1O[C@H]([C@H](O)CCC(=O)O)C[C@H]1O. The standard InChI is InChI=1S/C22H34O6/c1-2-3-4-5-6-7-8-9-10-11-17(23)12-14-20-19(25)16-21(28-20)18(24)13-15-22(26)27/h3-4,6-7,9-10,12,14,17-21,23-25H,2,5,8,11,13,15-16H2,1H3,(H,26,27)/b4-3-,7-6-,10-9-,14-12+/t17-,18-,19-,20+,21+/m1/s1. The minimum absolute atomic E-state index is 0.0832. The van der Waals surface area contributed by atoms with Crippen molar-refractivity contribution < 1.29 is 30.0 Å². The molecule has 28 heavy (non-hydrogen) atoms. The van der Waals surface area contributed by atoms with Gasteiger partial charge >= 0.3 is 5.97 Å². The second-order valence-corrected chi connectivity index (χ2v) is 6.92. The summed E-state index contributed by atoms with van der Waals surface area (Å²) in [4.78, 5) is 10.6. The molecule has 6 nitrogen and oxygen atoms in total. The van der Waals surface area contributed by atoms with Crippen LogP contribution in [0.15, 0.2) is 48.6 Å². The number of carbonyl (C=O) groups is 1. The van der Waals surface area contributed by atoms with Gasteiger partial charge < -0.3 is 25.2 Å². The van der Waals surface area contributed by atoms with E-state index < -0.39 is 36.5 Å². The molecule has 0 amide bonds. The highest BCUT2D eigenvalue weighted by atomic mass is 16.5. The van der Waals surface area contributed by atoms with Gasteiger partial charge in [-0.3, -0.25) is 4.79 Å². The van der Waals surface area contributed by atoms with Crippen molar-refractivity contribution in [2.24, 2.45) is 0 Å². The van der Waals surface area contributed by atoms with Gasteiger partial charge in [-0.2, -0.15) is 0 Å². The Labute approximate surface area is 167 Å². The highest BCUT2D eigenvalue weighted by Gasteiger charge is 2.36. The molecule has 0 aromatic heterocycles. The second kappa shape index (κ2) is 14.3. The fraction of sp³-hybridized carbons (Fsp3) is 0.591. The number of allylic oxidation sites excluding steroid dienone is 5. The quantitative estimate of drug-likeness (QED) is 0.358. The third-order valence-corrected chi connectivity index (χ3v) is 4.45. The predicted molar refractivity (Wildman–Crippen MR) is 109 cm³/mol. The monoisotopic (exact) mass is 394 g/mol. The van der Waals surface area contributed by atoms with E-state index in [-0.39, 0.29) is 19.3 Å². The van der Waals surface area contributed by atoms with E-state index in [2.05, 4.69) is 31.2 Å². The van der Waals surface area contributed by atoms with Gasteiger partial charge in [0.15, 0.2) is 0 Å². The average molecular weight is 395 g/mol. The van der Waals surface area contributed by atoms with Gasteiger partial charge in [0, 0.05) is 12.8 Å². The summed E-state index contributed by atoms with van der Waals surface area (Å²) >= 11 is 0. The number of aliphatic hydroxyl groups excluding tert-OH is 3. The third kappa shape index (κ3) is 10.6. The molecule has 0 unspecified atom stereocenters. The lowest BCUT2D eigenvalue weighted by Crippen LogP contribution is -2.26. The molecule has 0 aromatic carbocycles. The maximum absolute atomic E-state index is 10.6. The van der Waals surface area contributed by atoms with Crippen LogP contribution in [0.4, 0.5) is 0 Å². The zero-order valence-corrected chi connectivity index (χ0v) is 16.6. The normalized spacial score (nSPS) is 25.5. The van der Waals surface area contributed by atoms with E-state index in [1.807, 2.05) is 12.2 Å². The van der Waals surface area contributed by atoms with Crippen LogP contribution in [-0.4, -0.2) is 56.9 Å². The molecular weight excluding hydrogens is 360 g/mol. The number of ether oxygens (including phenoxy) is 1. The van der Waals surface area contributed by atoms with Crippen LogP contribution < -0.4 is 0 Å². The number of aliphatic hydroxyl groups is 3. The summed E-state index contributed by atoms with van der Waals surface area (Å²) in [5.74, 6) is -0.978. The lowest BCUT2D eigenvalue weighted by atomic mass is 10.0. The molecule has 158 valence electrons. The molecule has 0 aromatic rings. The predicted octanol–water partition coefficient (Wildman–Crippen LogP) is 2.90. The Hall–Kier alpha value is -1.73. The van der Waals surface area contributed by atoms with Crippen LogP contribution >= 0.6 is 0 Å². The van der Waals surface area contributed by atoms with E-state index in [1.54, 1.807) is 12.2 Å². The summed E-state index contributed by atoms with van der Waals surface area (Å²) in [6, 6.07) is 0. The molecule has 1 saturated heterocycles. The minimum atomic E-state index is -0.978. The van der Waals surface area contributed by atoms with Crippen LogP contribution in [0.3, 0.4) is 0 Å². The van der Waals surface area contributed by atoms with Gasteiger partial charge in [0.05, 0.1) is 24.4 Å². The van der Waals surface area contributed by atoms with Crippen molar-refractivity contribution in [2.45, 2.75) is 82.4 Å². The molecule has 1 aliphatic rings. The number of carboxylic acid groups (broad SMARTS) is 1. The first-order chi connectivity index (χ1) is 13.4. The molecule has 0 saturated carbocycles. The maximum atomic E-state index is 10.6. The van der Waals surface area contributed by atoms with Crippen LogP contribution in [0.25, 0.3) is 0 Å². The lowest BCUT2D eigenvalue weighted by Gasteiger charge is -2.17. The fourth-order valence-electron chi connectivity index (χ4n) is 2.86. The molecule has 0 aliphatic carbocycles. The molecule has 1 rings (SSSR count). The smallest absolute Gasteiger partial charge is 0.303 e. The summed E-state index contributed by atoms with van der Waals surface area (Å²) in [6.45, 7) is 2.10. The van der Waals surface area contributed by atoms with Crippen molar-refractivity contribution in [2.75, 3.05) is 0 Å². The van der Waals surface area contributed by atoms with E-state index in [9.17, 15) is 20.1 Å². The first-order valence-electron chi connectivity index (χ1n) is 9.98. The minimum Gasteiger partial charge on any atom is -0.481 e. The highest BCUT2D eigenvalue weighted by Crippen LogP contribution is 2.25. The molecule has 1 aliphatic heterocycles. The van der Waals surface area contributed by atoms with Crippen molar-refractivity contribution in [1.29, 1.82) is 0 Å². The Bertz CT molecular complexity index is 551. The molecule has 1 heterocycles. The lowest BCUT2D eigenvalue weighted by molar-refractivity contribution is -0.138. The van der Waals surface area contributed by atoms with Crippen molar-refractivity contribution >= 4 is 5.97 Å². The van der Waals surface area contributed by atoms with Crippen molar-refractivity contribution in [3.63, 3.8) is 0 Å². The van der Waals surface area contributed by atoms with Crippen LogP contribution in [0.5, 0.6) is 0 Å². The van der Waals surface area contributed by atoms with Crippen molar-refractivity contribution in [1.82, 2.24) is 0 Å². The summed E-state index contributed by atoms with van der Waals surface area (Å²) < 4.78 is 5.59. The van der Waals surface area contributed by atoms with Crippen molar-refractivity contribution in [3.8, 4) is 0 Å². The van der Waals surface area contributed by atoms with Gasteiger partial charge in [0.1, 0.15) is 6.10 Å². The molecular formula is C22H34O6. The van der Waals surface area contributed by atoms with E-state index >= 15 is 0 Å². The van der Waals surface area contributed by atoms with Gasteiger partial charge in [-0.15, -0.1) is 0 Å². The fourth-order valence-corrected chi connectivity index (χ4v) is 2.86. The Balaban J connectivity index is 2.29. The Morgan fingerprint density at radius 1 is 1.11 bits per heavy atom. The molecule has 1 fully saturated rings. The van der Waals surface area contributed by atoms with Crippen LogP contribution in [0.2, 0.25) is 0 Å². The summed E-state index contributed by atoms with van der Waals surface area (Å²) in [6.07, 6.45) is 15.4. The van der Waals surface area contributed by atoms with Gasteiger partial charge in [-0.05, 0) is 32.1 Å². The van der Waals surface area contributed by atoms with Crippen LogP contribution in [0.1, 0.15) is 51.9 Å². The molecule has 6 heteroatoms. The van der Waals surface area contributed by atoms with E-state index in [4.69, 9.17) is 9.84 Å². The van der Waals surface area contributed by atoms with E-state index in [0.29, 0.717) is 6.42 Å². The zero-order valence-electron chi connectivity index (χ0n) is 16.6. The highest BCUT2D eigenvalue weighted by molar-refractivity contribution is 5.66. The summed E-state index contributed by atoms with van der Waals surface area (Å²) in [5.41, 5.74) is 0. The summed E-state index contributed by atoms with van der Waals surface area (Å²) in [5, 5.41) is 38.7. The molecule has 0 spiro atoms. The number of rotatable bonds is 13. The topological polar surface area (TPSA) is 107 Å². The zero-order chi connectivity index (χ0) is 20.8. The molecule has 0 bridgehead atoms. The first kappa shape index (κ1) is 24.3. The number of carboxylic acids is 1. The van der Waals surface area contributed by atoms with Gasteiger partial charge in [-0.1, -0.05) is 55.5 Å². The molecule has 4 N–H and O–H groups in total.